The lowest BCUT2D eigenvalue weighted by Crippen LogP contribution is -1.95. The minimum absolute atomic E-state index is 0.500. The van der Waals surface area contributed by atoms with Gasteiger partial charge in [-0.25, -0.2) is 9.50 Å². The summed E-state index contributed by atoms with van der Waals surface area (Å²) in [7, 11) is 0. The Morgan fingerprint density at radius 3 is 3.00 bits per heavy atom. The number of hydrogen-bond donors (Lipinski definition) is 1. The molecule has 0 radical (unpaired) electrons. The van der Waals surface area contributed by atoms with Crippen LogP contribution in [0.5, 0.6) is 0 Å². The number of halogens is 2. The van der Waals surface area contributed by atoms with Crippen LogP contribution in [0, 0.1) is 3.57 Å². The van der Waals surface area contributed by atoms with E-state index in [1.165, 1.54) is 0 Å². The molecule has 0 amide bonds. The van der Waals surface area contributed by atoms with Gasteiger partial charge in [0.05, 0.1) is 3.57 Å². The molecule has 0 aromatic carbocycles. The molecule has 12 heavy (non-hydrogen) atoms. The number of rotatable bonds is 0. The van der Waals surface area contributed by atoms with Gasteiger partial charge in [0.2, 0.25) is 0 Å². The van der Waals surface area contributed by atoms with Crippen molar-refractivity contribution in [2.45, 2.75) is 0 Å². The monoisotopic (exact) mass is 338 g/mol. The minimum atomic E-state index is 0.500. The standard InChI is InChI=1S/C6H4BrIN4/c7-5-3(8)4-6(9)10-1-2-12(4)11-5/h1-2H,(H2,9,10). The summed E-state index contributed by atoms with van der Waals surface area (Å²) in [6.07, 6.45) is 3.39. The van der Waals surface area contributed by atoms with Gasteiger partial charge in [-0.1, -0.05) is 0 Å². The van der Waals surface area contributed by atoms with E-state index in [9.17, 15) is 0 Å². The van der Waals surface area contributed by atoms with Crippen molar-refractivity contribution in [1.82, 2.24) is 14.6 Å². The average Bonchev–Trinajstić information content (AvgIpc) is 2.29. The summed E-state index contributed by atoms with van der Waals surface area (Å²) in [5, 5.41) is 4.18. The second kappa shape index (κ2) is 2.84. The minimum Gasteiger partial charge on any atom is -0.382 e. The van der Waals surface area contributed by atoms with E-state index in [0.717, 1.165) is 13.7 Å². The second-order valence-corrected chi connectivity index (χ2v) is 4.04. The Balaban J connectivity index is 2.97. The van der Waals surface area contributed by atoms with Crippen molar-refractivity contribution in [3.05, 3.63) is 20.6 Å². The van der Waals surface area contributed by atoms with Crippen molar-refractivity contribution >= 4 is 49.9 Å². The summed E-state index contributed by atoms with van der Waals surface area (Å²) < 4.78 is 3.48. The molecule has 0 saturated heterocycles. The molecule has 0 aliphatic rings. The highest BCUT2D eigenvalue weighted by Crippen LogP contribution is 2.24. The molecule has 2 heterocycles. The van der Waals surface area contributed by atoms with E-state index < -0.39 is 0 Å². The third-order valence-electron chi connectivity index (χ3n) is 1.48. The lowest BCUT2D eigenvalue weighted by atomic mass is 10.5. The highest BCUT2D eigenvalue weighted by atomic mass is 127. The summed E-state index contributed by atoms with van der Waals surface area (Å²) in [4.78, 5) is 3.97. The number of hydrogen-bond acceptors (Lipinski definition) is 3. The molecular formula is C6H4BrIN4. The van der Waals surface area contributed by atoms with E-state index >= 15 is 0 Å². The van der Waals surface area contributed by atoms with Crippen LogP contribution in [0.3, 0.4) is 0 Å². The van der Waals surface area contributed by atoms with Crippen molar-refractivity contribution in [1.29, 1.82) is 0 Å². The van der Waals surface area contributed by atoms with Gasteiger partial charge in [0.25, 0.3) is 0 Å². The molecule has 0 bridgehead atoms. The summed E-state index contributed by atoms with van der Waals surface area (Å²) in [5.74, 6) is 0.500. The molecule has 2 N–H and O–H groups in total. The van der Waals surface area contributed by atoms with Gasteiger partial charge >= 0.3 is 0 Å². The summed E-state index contributed by atoms with van der Waals surface area (Å²) in [6.45, 7) is 0. The normalized spacial score (nSPS) is 10.8. The van der Waals surface area contributed by atoms with Gasteiger partial charge < -0.3 is 5.73 Å². The Morgan fingerprint density at radius 1 is 1.58 bits per heavy atom. The Bertz CT molecular complexity index is 438. The third kappa shape index (κ3) is 1.09. The van der Waals surface area contributed by atoms with Crippen LogP contribution in [0.2, 0.25) is 0 Å². The topological polar surface area (TPSA) is 56.2 Å². The van der Waals surface area contributed by atoms with Gasteiger partial charge in [0, 0.05) is 12.4 Å². The largest absolute Gasteiger partial charge is 0.382 e. The van der Waals surface area contributed by atoms with Gasteiger partial charge in [-0.3, -0.25) is 0 Å². The highest BCUT2D eigenvalue weighted by Gasteiger charge is 2.09. The first-order chi connectivity index (χ1) is 5.70. The molecule has 2 rings (SSSR count). The highest BCUT2D eigenvalue weighted by molar-refractivity contribution is 14.1. The van der Waals surface area contributed by atoms with Gasteiger partial charge in [0.15, 0.2) is 5.82 Å². The van der Waals surface area contributed by atoms with E-state index in [0.29, 0.717) is 5.82 Å². The first kappa shape index (κ1) is 8.24. The van der Waals surface area contributed by atoms with E-state index in [4.69, 9.17) is 5.73 Å². The molecule has 62 valence electrons. The van der Waals surface area contributed by atoms with Crippen LogP contribution in [0.4, 0.5) is 5.82 Å². The van der Waals surface area contributed by atoms with Crippen LogP contribution in [0.15, 0.2) is 17.0 Å². The lowest BCUT2D eigenvalue weighted by molar-refractivity contribution is 0.936. The predicted octanol–water partition coefficient (Wildman–Crippen LogP) is 1.68. The molecular weight excluding hydrogens is 335 g/mol. The number of anilines is 1. The second-order valence-electron chi connectivity index (χ2n) is 2.21. The van der Waals surface area contributed by atoms with Crippen molar-refractivity contribution < 1.29 is 0 Å². The smallest absolute Gasteiger partial charge is 0.150 e. The van der Waals surface area contributed by atoms with E-state index in [-0.39, 0.29) is 0 Å². The number of aromatic nitrogens is 3. The molecule has 0 atom stereocenters. The predicted molar refractivity (Wildman–Crippen MR) is 57.8 cm³/mol. The molecule has 2 aromatic rings. The Morgan fingerprint density at radius 2 is 2.33 bits per heavy atom. The van der Waals surface area contributed by atoms with Gasteiger partial charge in [-0.05, 0) is 38.5 Å². The van der Waals surface area contributed by atoms with Gasteiger partial charge in [0.1, 0.15) is 10.1 Å². The first-order valence-corrected chi connectivity index (χ1v) is 5.01. The fourth-order valence-corrected chi connectivity index (χ4v) is 1.95. The van der Waals surface area contributed by atoms with Crippen LogP contribution < -0.4 is 5.73 Å². The first-order valence-electron chi connectivity index (χ1n) is 3.14. The fraction of sp³-hybridized carbons (Fsp3) is 0. The summed E-state index contributed by atoms with van der Waals surface area (Å²) in [5.41, 5.74) is 6.52. The molecule has 0 fully saturated rings. The lowest BCUT2D eigenvalue weighted by Gasteiger charge is -1.94. The molecule has 4 nitrogen and oxygen atoms in total. The van der Waals surface area contributed by atoms with Crippen LogP contribution in [0.25, 0.3) is 5.52 Å². The molecule has 0 unspecified atom stereocenters. The van der Waals surface area contributed by atoms with Crippen LogP contribution in [-0.2, 0) is 0 Å². The quantitative estimate of drug-likeness (QED) is 0.743. The summed E-state index contributed by atoms with van der Waals surface area (Å²) >= 11 is 5.49. The van der Waals surface area contributed by atoms with Crippen molar-refractivity contribution in [3.63, 3.8) is 0 Å². The number of nitrogen functional groups attached to an aromatic ring is 1. The van der Waals surface area contributed by atoms with Crippen LogP contribution in [-0.4, -0.2) is 14.6 Å². The number of nitrogens with two attached hydrogens (primary N) is 1. The van der Waals surface area contributed by atoms with E-state index in [1.54, 1.807) is 16.9 Å². The maximum Gasteiger partial charge on any atom is 0.150 e. The molecule has 0 aliphatic carbocycles. The van der Waals surface area contributed by atoms with Crippen molar-refractivity contribution in [2.75, 3.05) is 5.73 Å². The maximum absolute atomic E-state index is 5.67. The molecule has 6 heteroatoms. The molecule has 0 saturated carbocycles. The van der Waals surface area contributed by atoms with Gasteiger partial charge in [-0.15, -0.1) is 0 Å². The Labute approximate surface area is 90.4 Å². The zero-order chi connectivity index (χ0) is 8.72. The number of fused-ring (bicyclic) bond motifs is 1. The van der Waals surface area contributed by atoms with Crippen molar-refractivity contribution in [2.24, 2.45) is 0 Å². The zero-order valence-corrected chi connectivity index (χ0v) is 9.57. The van der Waals surface area contributed by atoms with Crippen molar-refractivity contribution in [3.8, 4) is 0 Å². The van der Waals surface area contributed by atoms with Gasteiger partial charge in [-0.2, -0.15) is 5.10 Å². The van der Waals surface area contributed by atoms with E-state index in [1.807, 2.05) is 0 Å². The summed E-state index contributed by atoms with van der Waals surface area (Å²) in [6, 6.07) is 0. The third-order valence-corrected chi connectivity index (χ3v) is 3.80. The molecule has 2 aromatic heterocycles. The van der Waals surface area contributed by atoms with Crippen LogP contribution in [0.1, 0.15) is 0 Å². The zero-order valence-electron chi connectivity index (χ0n) is 5.83. The fourth-order valence-electron chi connectivity index (χ4n) is 0.962. The van der Waals surface area contributed by atoms with E-state index in [2.05, 4.69) is 48.6 Å². The van der Waals surface area contributed by atoms with Crippen LogP contribution >= 0.6 is 38.5 Å². The SMILES string of the molecule is Nc1nccn2nc(Br)c(I)c12. The Hall–Kier alpha value is -0.370. The Kier molecular flexibility index (Phi) is 1.95. The molecule has 0 aliphatic heterocycles. The molecule has 0 spiro atoms. The maximum atomic E-state index is 5.67. The number of nitrogens with zero attached hydrogens (tertiary/aromatic N) is 3. The average molecular weight is 339 g/mol.